The molecule has 1 aliphatic carbocycles. The Morgan fingerprint density at radius 2 is 1.61 bits per heavy atom. The van der Waals surface area contributed by atoms with E-state index in [-0.39, 0.29) is 60.9 Å². The van der Waals surface area contributed by atoms with Gasteiger partial charge in [0.15, 0.2) is 5.78 Å². The Bertz CT molecular complexity index is 2240. The number of cyclic esters (lactones) is 1. The highest BCUT2D eigenvalue weighted by Crippen LogP contribution is 2.40. The van der Waals surface area contributed by atoms with E-state index in [1.54, 1.807) is 41.1 Å². The van der Waals surface area contributed by atoms with E-state index >= 15 is 0 Å². The fraction of sp³-hybridized carbons (Fsp3) is 0.741. The Balaban J connectivity index is 1.26. The van der Waals surface area contributed by atoms with Crippen molar-refractivity contribution in [2.75, 3.05) is 54.2 Å². The first kappa shape index (κ1) is 61.0. The molecule has 424 valence electrons. The number of fused-ring (bicyclic) bond motifs is 3. The zero-order chi connectivity index (χ0) is 55.3. The molecule has 0 radical (unpaired) electrons. The van der Waals surface area contributed by atoms with E-state index < -0.39 is 77.8 Å². The van der Waals surface area contributed by atoms with Gasteiger partial charge in [0.05, 0.1) is 49.5 Å². The van der Waals surface area contributed by atoms with Crippen LogP contribution in [0.25, 0.3) is 0 Å². The van der Waals surface area contributed by atoms with Crippen molar-refractivity contribution in [1.29, 1.82) is 0 Å². The highest BCUT2D eigenvalue weighted by atomic mass is 16.6. The van der Waals surface area contributed by atoms with Gasteiger partial charge in [-0.25, -0.2) is 9.48 Å². The predicted molar refractivity (Wildman–Crippen MR) is 284 cm³/mol. The number of aliphatic hydroxyl groups is 2. The molecule has 2 bridgehead atoms. The van der Waals surface area contributed by atoms with Gasteiger partial charge in [-0.3, -0.25) is 24.1 Å². The summed E-state index contributed by atoms with van der Waals surface area (Å²) in [7, 11) is 4.67. The number of Topliss-reactive ketones (excluding diaryl/α,β-unsaturated/α-hetero) is 3. The van der Waals surface area contributed by atoms with E-state index in [0.717, 1.165) is 37.2 Å². The average Bonchev–Trinajstić information content (AvgIpc) is 3.88. The number of hydrogen-bond acceptors (Lipinski definition) is 16. The minimum absolute atomic E-state index is 0.0141. The second-order valence-corrected chi connectivity index (χ2v) is 22.7. The first-order valence-corrected chi connectivity index (χ1v) is 28.0. The summed E-state index contributed by atoms with van der Waals surface area (Å²) in [5.74, 6) is -7.93. The molecular formula is C58H89N5O13. The number of esters is 1. The molecule has 4 fully saturated rings. The molecule has 1 saturated carbocycles. The number of aromatic nitrogens is 3. The minimum atomic E-state index is -2.44. The van der Waals surface area contributed by atoms with Crippen molar-refractivity contribution >= 4 is 29.2 Å². The average molecular weight is 1060 g/mol. The van der Waals surface area contributed by atoms with Crippen molar-refractivity contribution in [1.82, 2.24) is 24.8 Å². The Morgan fingerprint density at radius 1 is 0.855 bits per heavy atom. The number of amides is 1. The monoisotopic (exact) mass is 1060 g/mol. The molecule has 1 aromatic heterocycles. The van der Waals surface area contributed by atoms with E-state index in [9.17, 15) is 34.2 Å². The Kier molecular flexibility index (Phi) is 22.9. The number of ether oxygens (including phenoxy) is 6. The lowest BCUT2D eigenvalue weighted by Gasteiger charge is -2.42. The number of hydrogen-bond donors (Lipinski definition) is 2. The summed E-state index contributed by atoms with van der Waals surface area (Å²) in [5.41, 5.74) is 2.16. The fourth-order valence-corrected chi connectivity index (χ4v) is 12.0. The van der Waals surface area contributed by atoms with E-state index in [2.05, 4.69) is 15.2 Å². The molecule has 1 aromatic rings. The number of piperidine rings is 1. The van der Waals surface area contributed by atoms with Gasteiger partial charge >= 0.3 is 5.97 Å². The molecule has 15 atom stereocenters. The molecule has 3 saturated heterocycles. The van der Waals surface area contributed by atoms with Crippen LogP contribution in [0.3, 0.4) is 0 Å². The summed E-state index contributed by atoms with van der Waals surface area (Å²) in [4.78, 5) is 75.2. The van der Waals surface area contributed by atoms with Crippen LogP contribution in [0.4, 0.5) is 0 Å². The van der Waals surface area contributed by atoms with Gasteiger partial charge in [-0.15, -0.1) is 5.10 Å². The lowest BCUT2D eigenvalue weighted by atomic mass is 9.77. The lowest BCUT2D eigenvalue weighted by molar-refractivity contribution is -0.265. The van der Waals surface area contributed by atoms with Crippen molar-refractivity contribution in [2.45, 2.75) is 187 Å². The Hall–Kier alpha value is -4.27. The number of morpholine rings is 1. The SMILES string of the molecule is CO[C@H]1C[C@@H]2CC[C@@H](C)[C@@](O)(O2)C(=O)C(=O)N2CCCC[C@H]2C(=O)O[C@H]([C@H](C)C[C@@H]2CC[C@H](n3cc(CN4CCOCC4)nn3)[C@H](OC)C2)CC(=O)[C@H](C)/C=C(\C)[C@@H](O)[C@@H](OC)C(=O)[C@H](C)C[C@H](C)/C=C/C=C/C=C/1C. The summed E-state index contributed by atoms with van der Waals surface area (Å²) in [6.45, 7) is 16.6. The summed E-state index contributed by atoms with van der Waals surface area (Å²) >= 11 is 0. The largest absolute Gasteiger partial charge is 0.460 e. The molecule has 6 rings (SSSR count). The maximum Gasteiger partial charge on any atom is 0.329 e. The molecule has 0 aromatic carbocycles. The molecule has 18 nitrogen and oxygen atoms in total. The third-order valence-electron chi connectivity index (χ3n) is 16.9. The molecule has 1 amide bonds. The summed E-state index contributed by atoms with van der Waals surface area (Å²) in [6, 6.07) is -1.18. The third-order valence-corrected chi connectivity index (χ3v) is 16.9. The standard InChI is InChI=1S/C58H89N5O13/c1-36-16-12-11-13-17-37(2)49(71-8)32-45-21-19-42(7)58(70,76-45)55(67)56(68)62-23-15-14-18-47(62)57(69)75-50(33-48(64)38(3)29-41(6)53(66)54(73-10)52(65)40(5)28-36)39(4)30-43-20-22-46(51(31-43)72-9)63-35-44(59-60-63)34-61-24-26-74-27-25-61/h11-13,16-17,29,35-36,38-40,42-43,45-47,49-51,53-54,66,70H,14-15,18-28,30-34H2,1-10H3/b13-11+,16-12+,37-17+,41-29+/t36-,38-,39-,40-,42-,43+,45+,46+,47+,49+,50+,51-,53-,54+,58-/m1/s1. The Morgan fingerprint density at radius 3 is 2.32 bits per heavy atom. The van der Waals surface area contributed by atoms with Gasteiger partial charge in [-0.1, -0.05) is 76.3 Å². The molecule has 0 spiro atoms. The quantitative estimate of drug-likeness (QED) is 0.154. The van der Waals surface area contributed by atoms with E-state index in [1.807, 2.05) is 69.0 Å². The van der Waals surface area contributed by atoms with E-state index in [1.165, 1.54) is 12.0 Å². The normalized spacial score (nSPS) is 37.8. The van der Waals surface area contributed by atoms with Gasteiger partial charge < -0.3 is 43.5 Å². The Labute approximate surface area is 450 Å². The van der Waals surface area contributed by atoms with Crippen LogP contribution < -0.4 is 0 Å². The van der Waals surface area contributed by atoms with Crippen molar-refractivity contribution in [3.63, 3.8) is 0 Å². The first-order valence-electron chi connectivity index (χ1n) is 28.0. The number of ketones is 3. The molecule has 2 N–H and O–H groups in total. The van der Waals surface area contributed by atoms with Crippen LogP contribution in [0.1, 0.15) is 137 Å². The van der Waals surface area contributed by atoms with Gasteiger partial charge in [0.2, 0.25) is 5.79 Å². The molecule has 5 heterocycles. The highest BCUT2D eigenvalue weighted by Gasteiger charge is 2.53. The summed E-state index contributed by atoms with van der Waals surface area (Å²) in [6.07, 6.45) is 14.4. The van der Waals surface area contributed by atoms with Gasteiger partial charge in [-0.2, -0.15) is 0 Å². The molecule has 0 unspecified atom stereocenters. The first-order chi connectivity index (χ1) is 36.3. The zero-order valence-corrected chi connectivity index (χ0v) is 47.0. The summed E-state index contributed by atoms with van der Waals surface area (Å²) < 4.78 is 37.6. The predicted octanol–water partition coefficient (Wildman–Crippen LogP) is 6.48. The molecule has 4 aliphatic heterocycles. The second kappa shape index (κ2) is 28.6. The van der Waals surface area contributed by atoms with E-state index in [4.69, 9.17) is 28.4 Å². The van der Waals surface area contributed by atoms with Crippen LogP contribution in [-0.4, -0.2) is 167 Å². The number of rotatable bonds is 9. The van der Waals surface area contributed by atoms with Crippen LogP contribution in [-0.2, 0) is 58.9 Å². The highest BCUT2D eigenvalue weighted by molar-refractivity contribution is 6.39. The zero-order valence-electron chi connectivity index (χ0n) is 47.0. The molecule has 5 aliphatic rings. The number of carbonyl (C=O) groups is 5. The van der Waals surface area contributed by atoms with Crippen molar-refractivity contribution in [3.8, 4) is 0 Å². The minimum Gasteiger partial charge on any atom is -0.460 e. The number of allylic oxidation sites excluding steroid dienone is 6. The lowest BCUT2D eigenvalue weighted by Crippen LogP contribution is -2.61. The van der Waals surface area contributed by atoms with Crippen LogP contribution in [0.15, 0.2) is 53.8 Å². The molecule has 76 heavy (non-hydrogen) atoms. The maximum atomic E-state index is 14.7. The second-order valence-electron chi connectivity index (χ2n) is 22.7. The van der Waals surface area contributed by atoms with Gasteiger partial charge in [0.25, 0.3) is 11.7 Å². The van der Waals surface area contributed by atoms with Crippen LogP contribution in [0.2, 0.25) is 0 Å². The fourth-order valence-electron chi connectivity index (χ4n) is 12.0. The van der Waals surface area contributed by atoms with Gasteiger partial charge in [0, 0.05) is 78.1 Å². The maximum absolute atomic E-state index is 14.7. The molecular weight excluding hydrogens is 975 g/mol. The van der Waals surface area contributed by atoms with Crippen molar-refractivity contribution in [2.24, 2.45) is 35.5 Å². The van der Waals surface area contributed by atoms with Crippen molar-refractivity contribution in [3.05, 3.63) is 59.5 Å². The third kappa shape index (κ3) is 15.7. The van der Waals surface area contributed by atoms with E-state index in [0.29, 0.717) is 76.7 Å². The van der Waals surface area contributed by atoms with Gasteiger partial charge in [-0.05, 0) is 107 Å². The van der Waals surface area contributed by atoms with Crippen LogP contribution in [0.5, 0.6) is 0 Å². The topological polar surface area (TPSA) is 218 Å². The van der Waals surface area contributed by atoms with Crippen molar-refractivity contribution < 1.29 is 62.6 Å². The number of nitrogens with zero attached hydrogens (tertiary/aromatic N) is 5. The number of carbonyl (C=O) groups excluding carboxylic acids is 5. The van der Waals surface area contributed by atoms with Crippen LogP contribution >= 0.6 is 0 Å². The molecule has 18 heteroatoms. The number of aliphatic hydroxyl groups excluding tert-OH is 1. The summed E-state index contributed by atoms with van der Waals surface area (Å²) in [5, 5.41) is 32.6. The smallest absolute Gasteiger partial charge is 0.329 e. The van der Waals surface area contributed by atoms with Crippen LogP contribution in [0, 0.1) is 35.5 Å². The van der Waals surface area contributed by atoms with Gasteiger partial charge in [0.1, 0.15) is 30.1 Å². The number of methoxy groups -OCH3 is 3.